The highest BCUT2D eigenvalue weighted by atomic mass is 35.5. The second-order valence-corrected chi connectivity index (χ2v) is 6.98. The zero-order valence-corrected chi connectivity index (χ0v) is 16.1. The molecule has 1 aromatic heterocycles. The Bertz CT molecular complexity index is 830. The van der Waals surface area contributed by atoms with E-state index in [0.717, 1.165) is 23.4 Å². The van der Waals surface area contributed by atoms with Crippen LogP contribution in [0.3, 0.4) is 0 Å². The molecule has 3 rings (SSSR count). The van der Waals surface area contributed by atoms with Gasteiger partial charge in [0.05, 0.1) is 12.3 Å². The Morgan fingerprint density at radius 1 is 1.00 bits per heavy atom. The molecule has 2 aromatic carbocycles. The smallest absolute Gasteiger partial charge is 0.160 e. The van der Waals surface area contributed by atoms with Crippen LogP contribution in [-0.2, 0) is 17.4 Å². The summed E-state index contributed by atoms with van der Waals surface area (Å²) in [5.74, 6) is 0. The molecule has 0 spiro atoms. The summed E-state index contributed by atoms with van der Waals surface area (Å²) in [5.41, 5.74) is 2.30. The summed E-state index contributed by atoms with van der Waals surface area (Å²) in [6.07, 6.45) is 1.80. The van der Waals surface area contributed by atoms with Crippen molar-refractivity contribution in [3.05, 3.63) is 88.7 Å². The number of benzene rings is 2. The molecule has 1 atom stereocenters. The lowest BCUT2D eigenvalue weighted by molar-refractivity contribution is 0.000669. The van der Waals surface area contributed by atoms with Crippen LogP contribution < -0.4 is 0 Å². The molecule has 0 amide bonds. The van der Waals surface area contributed by atoms with Gasteiger partial charge in [0.25, 0.3) is 0 Å². The summed E-state index contributed by atoms with van der Waals surface area (Å²) in [6.45, 7) is 1.40. The van der Waals surface area contributed by atoms with Crippen molar-refractivity contribution in [3.8, 4) is 0 Å². The molecule has 5 heteroatoms. The van der Waals surface area contributed by atoms with Crippen LogP contribution in [0.15, 0.2) is 66.9 Å². The standard InChI is InChI=1S/C21H24ClN3O/c1-24(2)15-16-26-21(17-7-5-4-6-8-17,20-13-14-23-25(20)3)18-9-11-19(22)12-10-18/h4-14H,15-16H2,1-3H3. The maximum absolute atomic E-state index is 6.63. The van der Waals surface area contributed by atoms with Gasteiger partial charge in [-0.3, -0.25) is 4.68 Å². The zero-order chi connectivity index (χ0) is 18.6. The average molecular weight is 370 g/mol. The third-order valence-corrected chi connectivity index (χ3v) is 4.72. The third-order valence-electron chi connectivity index (χ3n) is 4.47. The van der Waals surface area contributed by atoms with Gasteiger partial charge in [-0.2, -0.15) is 5.10 Å². The Balaban J connectivity index is 2.20. The maximum Gasteiger partial charge on any atom is 0.160 e. The molecule has 0 aliphatic rings. The molecule has 0 fully saturated rings. The van der Waals surface area contributed by atoms with Gasteiger partial charge in [-0.25, -0.2) is 0 Å². The topological polar surface area (TPSA) is 30.3 Å². The van der Waals surface area contributed by atoms with Gasteiger partial charge in [0.15, 0.2) is 5.60 Å². The molecule has 0 N–H and O–H groups in total. The molecule has 26 heavy (non-hydrogen) atoms. The summed E-state index contributed by atoms with van der Waals surface area (Å²) < 4.78 is 8.50. The summed E-state index contributed by atoms with van der Waals surface area (Å²) in [7, 11) is 6.03. The fourth-order valence-electron chi connectivity index (χ4n) is 3.16. The molecular formula is C21H24ClN3O. The Labute approximate surface area is 160 Å². The lowest BCUT2D eigenvalue weighted by Gasteiger charge is -2.35. The van der Waals surface area contributed by atoms with E-state index in [0.29, 0.717) is 11.6 Å². The van der Waals surface area contributed by atoms with E-state index in [9.17, 15) is 0 Å². The molecule has 0 saturated carbocycles. The van der Waals surface area contributed by atoms with E-state index in [2.05, 4.69) is 22.1 Å². The molecule has 1 heterocycles. The number of hydrogen-bond acceptors (Lipinski definition) is 3. The lowest BCUT2D eigenvalue weighted by atomic mass is 9.83. The molecule has 1 unspecified atom stereocenters. The minimum Gasteiger partial charge on any atom is -0.358 e. The van der Waals surface area contributed by atoms with Crippen molar-refractivity contribution in [2.75, 3.05) is 27.2 Å². The van der Waals surface area contributed by atoms with E-state index in [1.807, 2.05) is 74.4 Å². The first kappa shape index (κ1) is 18.6. The number of likely N-dealkylation sites (N-methyl/N-ethyl adjacent to an activating group) is 1. The Morgan fingerprint density at radius 3 is 2.23 bits per heavy atom. The van der Waals surface area contributed by atoms with Crippen molar-refractivity contribution in [2.45, 2.75) is 5.60 Å². The van der Waals surface area contributed by atoms with E-state index in [-0.39, 0.29) is 0 Å². The Kier molecular flexibility index (Phi) is 5.77. The van der Waals surface area contributed by atoms with Crippen LogP contribution >= 0.6 is 11.6 Å². The van der Waals surface area contributed by atoms with Crippen LogP contribution in [0.5, 0.6) is 0 Å². The molecule has 0 saturated heterocycles. The van der Waals surface area contributed by atoms with Crippen LogP contribution in [0, 0.1) is 0 Å². The normalized spacial score (nSPS) is 13.7. The summed E-state index contributed by atoms with van der Waals surface area (Å²) >= 11 is 6.14. The third kappa shape index (κ3) is 3.68. The fourth-order valence-corrected chi connectivity index (χ4v) is 3.29. The number of rotatable bonds is 7. The van der Waals surface area contributed by atoms with Gasteiger partial charge in [-0.1, -0.05) is 54.1 Å². The van der Waals surface area contributed by atoms with Crippen LogP contribution in [0.1, 0.15) is 16.8 Å². The number of aryl methyl sites for hydroxylation is 1. The fraction of sp³-hybridized carbons (Fsp3) is 0.286. The molecule has 136 valence electrons. The van der Waals surface area contributed by atoms with Gasteiger partial charge >= 0.3 is 0 Å². The lowest BCUT2D eigenvalue weighted by Crippen LogP contribution is -2.37. The van der Waals surface area contributed by atoms with Crippen LogP contribution in [0.25, 0.3) is 0 Å². The number of nitrogens with zero attached hydrogens (tertiary/aromatic N) is 3. The number of hydrogen-bond donors (Lipinski definition) is 0. The first-order chi connectivity index (χ1) is 12.5. The Morgan fingerprint density at radius 2 is 1.65 bits per heavy atom. The summed E-state index contributed by atoms with van der Waals surface area (Å²) in [4.78, 5) is 2.11. The molecule has 3 aromatic rings. The van der Waals surface area contributed by atoms with Crippen molar-refractivity contribution in [2.24, 2.45) is 7.05 Å². The van der Waals surface area contributed by atoms with Gasteiger partial charge in [-0.05, 0) is 43.4 Å². The maximum atomic E-state index is 6.63. The van der Waals surface area contributed by atoms with Gasteiger partial charge in [0.1, 0.15) is 0 Å². The Hall–Kier alpha value is -2.14. The van der Waals surface area contributed by atoms with Gasteiger partial charge in [0, 0.05) is 24.8 Å². The highest BCUT2D eigenvalue weighted by Crippen LogP contribution is 2.40. The second kappa shape index (κ2) is 8.04. The molecule has 0 bridgehead atoms. The van der Waals surface area contributed by atoms with Crippen LogP contribution in [-0.4, -0.2) is 41.9 Å². The van der Waals surface area contributed by atoms with Gasteiger partial charge < -0.3 is 9.64 Å². The molecule has 0 aliphatic carbocycles. The van der Waals surface area contributed by atoms with Crippen molar-refractivity contribution in [3.63, 3.8) is 0 Å². The van der Waals surface area contributed by atoms with Crippen LogP contribution in [0.2, 0.25) is 5.02 Å². The molecular weight excluding hydrogens is 346 g/mol. The minimum absolute atomic E-state index is 0.579. The molecule has 4 nitrogen and oxygen atoms in total. The van der Waals surface area contributed by atoms with Gasteiger partial charge in [0.2, 0.25) is 0 Å². The minimum atomic E-state index is -0.757. The SMILES string of the molecule is CN(C)CCOC(c1ccccc1)(c1ccc(Cl)cc1)c1ccnn1C. The van der Waals surface area contributed by atoms with E-state index >= 15 is 0 Å². The average Bonchev–Trinajstić information content (AvgIpc) is 3.07. The first-order valence-electron chi connectivity index (χ1n) is 8.63. The van der Waals surface area contributed by atoms with Crippen LogP contribution in [0.4, 0.5) is 0 Å². The number of halogens is 1. The predicted octanol–water partition coefficient (Wildman–Crippen LogP) is 3.94. The highest BCUT2D eigenvalue weighted by molar-refractivity contribution is 6.30. The quantitative estimate of drug-likeness (QED) is 0.631. The second-order valence-electron chi connectivity index (χ2n) is 6.55. The first-order valence-corrected chi connectivity index (χ1v) is 9.00. The molecule has 0 aliphatic heterocycles. The highest BCUT2D eigenvalue weighted by Gasteiger charge is 2.40. The van der Waals surface area contributed by atoms with Gasteiger partial charge in [-0.15, -0.1) is 0 Å². The number of ether oxygens (including phenoxy) is 1. The van der Waals surface area contributed by atoms with E-state index < -0.39 is 5.60 Å². The number of aromatic nitrogens is 2. The van der Waals surface area contributed by atoms with E-state index in [1.165, 1.54) is 0 Å². The van der Waals surface area contributed by atoms with Crippen molar-refractivity contribution in [1.82, 2.24) is 14.7 Å². The summed E-state index contributed by atoms with van der Waals surface area (Å²) in [5, 5.41) is 5.10. The van der Waals surface area contributed by atoms with E-state index in [4.69, 9.17) is 16.3 Å². The largest absolute Gasteiger partial charge is 0.358 e. The monoisotopic (exact) mass is 369 g/mol. The zero-order valence-electron chi connectivity index (χ0n) is 15.4. The predicted molar refractivity (Wildman–Crippen MR) is 105 cm³/mol. The van der Waals surface area contributed by atoms with Crippen molar-refractivity contribution < 1.29 is 4.74 Å². The molecule has 0 radical (unpaired) electrons. The summed E-state index contributed by atoms with van der Waals surface area (Å²) in [6, 6.07) is 20.1. The van der Waals surface area contributed by atoms with Crippen molar-refractivity contribution in [1.29, 1.82) is 0 Å². The van der Waals surface area contributed by atoms with E-state index in [1.54, 1.807) is 6.20 Å². The van der Waals surface area contributed by atoms with Crippen molar-refractivity contribution >= 4 is 11.6 Å².